The number of carbonyl (C=O) groups excluding carboxylic acids is 1. The Hall–Kier alpha value is -1.46. The molecule has 0 aliphatic heterocycles. The number of rotatable bonds is 8. The topological polar surface area (TPSA) is 49.8 Å². The van der Waals surface area contributed by atoms with E-state index in [1.54, 1.807) is 19.1 Å². The molecule has 5 heteroatoms. The number of aliphatic hydroxyl groups excluding tert-OH is 1. The van der Waals surface area contributed by atoms with E-state index in [9.17, 15) is 14.3 Å². The molecule has 0 amide bonds. The Bertz CT molecular complexity index is 408. The highest BCUT2D eigenvalue weighted by Crippen LogP contribution is 2.17. The molecular weight excluding hydrogens is 261 g/mol. The third-order valence-electron chi connectivity index (χ3n) is 3.04. The van der Waals surface area contributed by atoms with E-state index in [4.69, 9.17) is 4.74 Å². The van der Waals surface area contributed by atoms with Crippen LogP contribution >= 0.6 is 0 Å². The van der Waals surface area contributed by atoms with Crippen molar-refractivity contribution in [1.29, 1.82) is 0 Å². The maximum Gasteiger partial charge on any atom is 0.307 e. The predicted octanol–water partition coefficient (Wildman–Crippen LogP) is 2.13. The highest BCUT2D eigenvalue weighted by atomic mass is 19.1. The second-order valence-corrected chi connectivity index (χ2v) is 4.71. The summed E-state index contributed by atoms with van der Waals surface area (Å²) < 4.78 is 17.6. The first-order valence-corrected chi connectivity index (χ1v) is 6.80. The lowest BCUT2D eigenvalue weighted by Crippen LogP contribution is -2.25. The molecule has 1 aromatic rings. The van der Waals surface area contributed by atoms with Gasteiger partial charge in [0.1, 0.15) is 5.82 Å². The normalized spacial score (nSPS) is 12.4. The Labute approximate surface area is 119 Å². The number of halogens is 1. The summed E-state index contributed by atoms with van der Waals surface area (Å²) in [6, 6.07) is 5.84. The van der Waals surface area contributed by atoms with Gasteiger partial charge in [0.05, 0.1) is 19.1 Å². The van der Waals surface area contributed by atoms with E-state index >= 15 is 0 Å². The third kappa shape index (κ3) is 6.12. The van der Waals surface area contributed by atoms with Crippen LogP contribution in [0.2, 0.25) is 0 Å². The number of aliphatic hydroxyl groups is 1. The summed E-state index contributed by atoms with van der Waals surface area (Å²) in [6.07, 6.45) is 0.253. The van der Waals surface area contributed by atoms with Crippen molar-refractivity contribution < 1.29 is 19.0 Å². The Morgan fingerprint density at radius 1 is 1.35 bits per heavy atom. The minimum atomic E-state index is -0.624. The van der Waals surface area contributed by atoms with Crippen LogP contribution < -0.4 is 0 Å². The molecule has 1 rings (SSSR count). The van der Waals surface area contributed by atoms with E-state index in [0.29, 0.717) is 38.1 Å². The number of hydrogen-bond donors (Lipinski definition) is 1. The molecular formula is C15H22FNO3. The Kier molecular flexibility index (Phi) is 7.18. The zero-order valence-electron chi connectivity index (χ0n) is 12.0. The third-order valence-corrected chi connectivity index (χ3v) is 3.04. The summed E-state index contributed by atoms with van der Waals surface area (Å²) in [5.74, 6) is -0.522. The molecule has 0 spiro atoms. The first-order chi connectivity index (χ1) is 9.52. The van der Waals surface area contributed by atoms with Gasteiger partial charge in [-0.05, 0) is 38.1 Å². The van der Waals surface area contributed by atoms with Gasteiger partial charge in [0.2, 0.25) is 0 Å². The second-order valence-electron chi connectivity index (χ2n) is 4.71. The fourth-order valence-corrected chi connectivity index (χ4v) is 1.82. The Morgan fingerprint density at radius 3 is 2.60 bits per heavy atom. The van der Waals surface area contributed by atoms with Crippen LogP contribution in [0.15, 0.2) is 24.3 Å². The minimum absolute atomic E-state index is 0.210. The molecule has 0 aromatic heterocycles. The van der Waals surface area contributed by atoms with E-state index in [-0.39, 0.29) is 11.8 Å². The van der Waals surface area contributed by atoms with Gasteiger partial charge in [-0.25, -0.2) is 4.39 Å². The van der Waals surface area contributed by atoms with Gasteiger partial charge in [-0.15, -0.1) is 0 Å². The van der Waals surface area contributed by atoms with Crippen molar-refractivity contribution in [3.8, 4) is 0 Å². The van der Waals surface area contributed by atoms with E-state index in [1.165, 1.54) is 12.1 Å². The van der Waals surface area contributed by atoms with Gasteiger partial charge >= 0.3 is 5.97 Å². The maximum absolute atomic E-state index is 12.8. The van der Waals surface area contributed by atoms with Gasteiger partial charge in [0, 0.05) is 13.1 Å². The Balaban J connectivity index is 2.28. The zero-order chi connectivity index (χ0) is 15.0. The molecule has 0 saturated heterocycles. The summed E-state index contributed by atoms with van der Waals surface area (Å²) in [6.45, 7) is 3.42. The van der Waals surface area contributed by atoms with Crippen LogP contribution in [-0.2, 0) is 9.53 Å². The maximum atomic E-state index is 12.8. The number of nitrogens with zero attached hydrogens (tertiary/aromatic N) is 1. The van der Waals surface area contributed by atoms with Gasteiger partial charge in [-0.3, -0.25) is 4.79 Å². The zero-order valence-corrected chi connectivity index (χ0v) is 12.0. The Morgan fingerprint density at radius 2 is 2.00 bits per heavy atom. The fraction of sp³-hybridized carbons (Fsp3) is 0.533. The lowest BCUT2D eigenvalue weighted by Gasteiger charge is -2.18. The number of hydrogen-bond acceptors (Lipinski definition) is 4. The summed E-state index contributed by atoms with van der Waals surface area (Å²) in [5.41, 5.74) is 0.699. The number of carbonyl (C=O) groups is 1. The van der Waals surface area contributed by atoms with Crippen LogP contribution in [0.25, 0.3) is 0 Å². The average Bonchev–Trinajstić information content (AvgIpc) is 2.43. The van der Waals surface area contributed by atoms with Crippen molar-refractivity contribution in [2.24, 2.45) is 0 Å². The molecule has 0 aliphatic rings. The highest BCUT2D eigenvalue weighted by Gasteiger charge is 2.10. The summed E-state index contributed by atoms with van der Waals surface area (Å²) in [7, 11) is 1.89. The molecule has 4 nitrogen and oxygen atoms in total. The highest BCUT2D eigenvalue weighted by molar-refractivity contribution is 5.69. The summed E-state index contributed by atoms with van der Waals surface area (Å²) in [5, 5.41) is 9.98. The molecule has 0 aliphatic carbocycles. The first kappa shape index (κ1) is 16.6. The van der Waals surface area contributed by atoms with E-state index in [2.05, 4.69) is 0 Å². The van der Waals surface area contributed by atoms with Crippen LogP contribution in [0.1, 0.15) is 31.4 Å². The molecule has 0 heterocycles. The molecule has 20 heavy (non-hydrogen) atoms. The van der Waals surface area contributed by atoms with Crippen LogP contribution in [0.5, 0.6) is 0 Å². The van der Waals surface area contributed by atoms with Gasteiger partial charge in [0.15, 0.2) is 0 Å². The quantitative estimate of drug-likeness (QED) is 0.743. The molecule has 1 aromatic carbocycles. The van der Waals surface area contributed by atoms with Crippen LogP contribution in [-0.4, -0.2) is 42.7 Å². The average molecular weight is 283 g/mol. The van der Waals surface area contributed by atoms with Crippen molar-refractivity contribution in [2.45, 2.75) is 25.9 Å². The van der Waals surface area contributed by atoms with Crippen molar-refractivity contribution >= 4 is 5.97 Å². The van der Waals surface area contributed by atoms with Crippen LogP contribution in [0.4, 0.5) is 4.39 Å². The van der Waals surface area contributed by atoms with Crippen molar-refractivity contribution in [2.75, 3.05) is 26.7 Å². The molecule has 0 radical (unpaired) electrons. The predicted molar refractivity (Wildman–Crippen MR) is 74.7 cm³/mol. The fourth-order valence-electron chi connectivity index (χ4n) is 1.82. The SMILES string of the molecule is CCOC(=O)CCN(C)CC[C@H](O)c1ccc(F)cc1. The van der Waals surface area contributed by atoms with E-state index < -0.39 is 6.10 Å². The number of ether oxygens (including phenoxy) is 1. The first-order valence-electron chi connectivity index (χ1n) is 6.80. The van der Waals surface area contributed by atoms with Gasteiger partial charge < -0.3 is 14.7 Å². The number of benzene rings is 1. The standard InChI is InChI=1S/C15H22FNO3/c1-3-20-15(19)9-11-17(2)10-8-14(18)12-4-6-13(16)7-5-12/h4-7,14,18H,3,8-11H2,1-2H3/t14-/m0/s1. The van der Waals surface area contributed by atoms with Gasteiger partial charge in [-0.2, -0.15) is 0 Å². The molecule has 0 bridgehead atoms. The molecule has 1 N–H and O–H groups in total. The molecule has 0 fully saturated rings. The van der Waals surface area contributed by atoms with Crippen LogP contribution in [0, 0.1) is 5.82 Å². The second kappa shape index (κ2) is 8.66. The van der Waals surface area contributed by atoms with Crippen molar-refractivity contribution in [3.05, 3.63) is 35.6 Å². The summed E-state index contributed by atoms with van der Waals surface area (Å²) in [4.78, 5) is 13.2. The van der Waals surface area contributed by atoms with Gasteiger partial charge in [0.25, 0.3) is 0 Å². The van der Waals surface area contributed by atoms with E-state index in [0.717, 1.165) is 0 Å². The van der Waals surface area contributed by atoms with Crippen molar-refractivity contribution in [3.63, 3.8) is 0 Å². The molecule has 0 unspecified atom stereocenters. The number of esters is 1. The largest absolute Gasteiger partial charge is 0.466 e. The molecule has 0 saturated carbocycles. The van der Waals surface area contributed by atoms with E-state index in [1.807, 2.05) is 11.9 Å². The lowest BCUT2D eigenvalue weighted by atomic mass is 10.1. The lowest BCUT2D eigenvalue weighted by molar-refractivity contribution is -0.143. The summed E-state index contributed by atoms with van der Waals surface area (Å²) >= 11 is 0. The van der Waals surface area contributed by atoms with Gasteiger partial charge in [-0.1, -0.05) is 12.1 Å². The molecule has 112 valence electrons. The monoisotopic (exact) mass is 283 g/mol. The van der Waals surface area contributed by atoms with Crippen molar-refractivity contribution in [1.82, 2.24) is 4.90 Å². The van der Waals surface area contributed by atoms with Crippen LogP contribution in [0.3, 0.4) is 0 Å². The minimum Gasteiger partial charge on any atom is -0.466 e. The molecule has 1 atom stereocenters. The smallest absolute Gasteiger partial charge is 0.307 e.